The van der Waals surface area contributed by atoms with Crippen LogP contribution in [0.4, 0.5) is 0 Å². The average molecular weight is 115 g/mol. The Kier molecular flexibility index (Phi) is 5.34. The van der Waals surface area contributed by atoms with E-state index in [1.807, 2.05) is 0 Å². The van der Waals surface area contributed by atoms with Gasteiger partial charge in [0.15, 0.2) is 6.33 Å². The molecule has 0 aliphatic heterocycles. The highest BCUT2D eigenvalue weighted by molar-refractivity contribution is 6.13. The number of nitrogens with one attached hydrogen (secondary N) is 1. The number of H-pyrrole nitrogens is 1. The summed E-state index contributed by atoms with van der Waals surface area (Å²) in [6.07, 6.45) is 1.33. The molecular formula is CH4BN4O2. The average Bonchev–Trinajstić information content (AvgIpc) is 2.17. The molecule has 0 aromatic carbocycles. The van der Waals surface area contributed by atoms with Crippen molar-refractivity contribution in [3.05, 3.63) is 6.33 Å². The molecule has 0 saturated heterocycles. The minimum absolute atomic E-state index is 0. The summed E-state index contributed by atoms with van der Waals surface area (Å²) in [5.74, 6) is 0. The zero-order valence-electron chi connectivity index (χ0n) is 3.89. The lowest BCUT2D eigenvalue weighted by Crippen LogP contribution is -1.75. The van der Waals surface area contributed by atoms with Gasteiger partial charge in [-0.25, -0.2) is 0 Å². The Balaban J connectivity index is 0.000000145. The second-order valence-electron chi connectivity index (χ2n) is 0.676. The zero-order valence-corrected chi connectivity index (χ0v) is 3.89. The molecule has 0 atom stereocenters. The summed E-state index contributed by atoms with van der Waals surface area (Å²) in [7, 11) is 0. The summed E-state index contributed by atoms with van der Waals surface area (Å²) in [5.41, 5.74) is 0. The van der Waals surface area contributed by atoms with Crippen molar-refractivity contribution in [1.82, 2.24) is 20.6 Å². The lowest BCUT2D eigenvalue weighted by molar-refractivity contribution is 0.448. The fourth-order valence-corrected chi connectivity index (χ4v) is 0.129. The van der Waals surface area contributed by atoms with Gasteiger partial charge in [-0.2, -0.15) is 5.21 Å². The van der Waals surface area contributed by atoms with Crippen LogP contribution in [0.2, 0.25) is 0 Å². The maximum absolute atomic E-state index is 7.00. The maximum Gasteiger partial charge on any atom is 0.482 e. The van der Waals surface area contributed by atoms with Crippen LogP contribution in [0.3, 0.4) is 0 Å². The first-order valence-electron chi connectivity index (χ1n) is 1.68. The Morgan fingerprint density at radius 3 is 2.25 bits per heavy atom. The number of hydrogen-bond acceptors (Lipinski definition) is 5. The molecule has 7 heteroatoms. The van der Waals surface area contributed by atoms with E-state index in [-0.39, 0.29) is 7.69 Å². The fraction of sp³-hybridized carbons (Fsp3) is 0. The molecule has 0 unspecified atom stereocenters. The second-order valence-corrected chi connectivity index (χ2v) is 0.676. The van der Waals surface area contributed by atoms with Crippen molar-refractivity contribution >= 4 is 7.69 Å². The van der Waals surface area contributed by atoms with Crippen LogP contribution in [0.5, 0.6) is 0 Å². The van der Waals surface area contributed by atoms with Crippen molar-refractivity contribution in [1.29, 1.82) is 0 Å². The number of aromatic amines is 1. The van der Waals surface area contributed by atoms with Crippen molar-refractivity contribution < 1.29 is 10.0 Å². The second kappa shape index (κ2) is 6.05. The van der Waals surface area contributed by atoms with Crippen molar-refractivity contribution in [2.75, 3.05) is 0 Å². The molecule has 43 valence electrons. The van der Waals surface area contributed by atoms with Crippen LogP contribution in [-0.4, -0.2) is 38.4 Å². The molecule has 0 fully saturated rings. The van der Waals surface area contributed by atoms with Gasteiger partial charge in [-0.3, -0.25) is 0 Å². The van der Waals surface area contributed by atoms with Crippen molar-refractivity contribution in [3.63, 3.8) is 0 Å². The molecule has 0 aliphatic carbocycles. The van der Waals surface area contributed by atoms with E-state index < -0.39 is 0 Å². The molecule has 8 heavy (non-hydrogen) atoms. The van der Waals surface area contributed by atoms with Crippen LogP contribution in [0.15, 0.2) is 6.33 Å². The maximum atomic E-state index is 7.00. The van der Waals surface area contributed by atoms with E-state index in [9.17, 15) is 0 Å². The van der Waals surface area contributed by atoms with Crippen LogP contribution >= 0.6 is 0 Å². The van der Waals surface area contributed by atoms with E-state index in [0.717, 1.165) is 0 Å². The molecule has 1 heterocycles. The van der Waals surface area contributed by atoms with Gasteiger partial charge in [0, 0.05) is 0 Å². The summed E-state index contributed by atoms with van der Waals surface area (Å²) in [6.45, 7) is 0. The largest absolute Gasteiger partial charge is 0.482 e. The van der Waals surface area contributed by atoms with Gasteiger partial charge in [-0.1, -0.05) is 5.21 Å². The molecule has 0 aliphatic rings. The van der Waals surface area contributed by atoms with Crippen LogP contribution in [-0.2, 0) is 0 Å². The van der Waals surface area contributed by atoms with Crippen molar-refractivity contribution in [2.45, 2.75) is 0 Å². The van der Waals surface area contributed by atoms with Crippen LogP contribution < -0.4 is 0 Å². The first-order chi connectivity index (χ1) is 3.91. The van der Waals surface area contributed by atoms with Gasteiger partial charge in [0.1, 0.15) is 0 Å². The van der Waals surface area contributed by atoms with Gasteiger partial charge in [0.2, 0.25) is 0 Å². The summed E-state index contributed by atoms with van der Waals surface area (Å²) in [4.78, 5) is 0. The molecule has 0 bridgehead atoms. The third-order valence-corrected chi connectivity index (χ3v) is 0.270. The Bertz CT molecular complexity index is 80.9. The highest BCUT2D eigenvalue weighted by Crippen LogP contribution is 1.43. The number of tetrazole rings is 1. The molecule has 0 saturated carbocycles. The standard InChI is InChI=1S/CH2N4.BH2O2/c1-2-4-5-3-1;2-1-3/h1H,(H,2,3,4,5);2-3H. The van der Waals surface area contributed by atoms with Gasteiger partial charge < -0.3 is 10.0 Å². The lowest BCUT2D eigenvalue weighted by Gasteiger charge is -1.46. The molecule has 6 nitrogen and oxygen atoms in total. The predicted octanol–water partition coefficient (Wildman–Crippen LogP) is -2.30. The smallest absolute Gasteiger partial charge is 0.429 e. The minimum atomic E-state index is 0. The lowest BCUT2D eigenvalue weighted by atomic mass is 10.5. The van der Waals surface area contributed by atoms with E-state index in [0.29, 0.717) is 0 Å². The third-order valence-electron chi connectivity index (χ3n) is 0.270. The molecule has 3 N–H and O–H groups in total. The van der Waals surface area contributed by atoms with E-state index in [1.165, 1.54) is 6.33 Å². The Morgan fingerprint density at radius 2 is 2.12 bits per heavy atom. The number of aromatic nitrogens is 4. The Labute approximate surface area is 45.9 Å². The Hall–Kier alpha value is -0.945. The number of rotatable bonds is 0. The molecule has 1 aromatic heterocycles. The van der Waals surface area contributed by atoms with Gasteiger partial charge in [0.25, 0.3) is 0 Å². The summed E-state index contributed by atoms with van der Waals surface area (Å²) in [6, 6.07) is 0. The zero-order chi connectivity index (χ0) is 6.24. The minimum Gasteiger partial charge on any atom is -0.429 e. The van der Waals surface area contributed by atoms with E-state index in [1.54, 1.807) is 0 Å². The van der Waals surface area contributed by atoms with Gasteiger partial charge >= 0.3 is 7.69 Å². The SMILES string of the molecule is O[B]O.c1nn[nH]n1. The summed E-state index contributed by atoms with van der Waals surface area (Å²) >= 11 is 0. The fourth-order valence-electron chi connectivity index (χ4n) is 0.129. The highest BCUT2D eigenvalue weighted by Gasteiger charge is 1.58. The quantitative estimate of drug-likeness (QED) is 0.330. The van der Waals surface area contributed by atoms with Crippen LogP contribution in [0, 0.1) is 0 Å². The molecule has 1 rings (SSSR count). The van der Waals surface area contributed by atoms with Crippen LogP contribution in [0.25, 0.3) is 0 Å². The van der Waals surface area contributed by atoms with Gasteiger partial charge in [-0.05, 0) is 0 Å². The van der Waals surface area contributed by atoms with E-state index in [4.69, 9.17) is 10.0 Å². The molecule has 0 amide bonds. The Morgan fingerprint density at radius 1 is 1.50 bits per heavy atom. The van der Waals surface area contributed by atoms with E-state index in [2.05, 4.69) is 20.6 Å². The van der Waals surface area contributed by atoms with E-state index >= 15 is 0 Å². The normalized spacial score (nSPS) is 6.75. The third kappa shape index (κ3) is 5.05. The summed E-state index contributed by atoms with van der Waals surface area (Å²) in [5, 5.41) is 26.2. The topological polar surface area (TPSA) is 94.9 Å². The molecule has 1 aromatic rings. The molecular weight excluding hydrogens is 111 g/mol. The molecule has 1 radical (unpaired) electrons. The molecule has 0 spiro atoms. The number of nitrogens with zero attached hydrogens (tertiary/aromatic N) is 3. The number of hydrogen-bond donors (Lipinski definition) is 3. The monoisotopic (exact) mass is 115 g/mol. The van der Waals surface area contributed by atoms with Crippen molar-refractivity contribution in [2.24, 2.45) is 0 Å². The van der Waals surface area contributed by atoms with Gasteiger partial charge in [0.05, 0.1) is 0 Å². The highest BCUT2D eigenvalue weighted by atomic mass is 16.4. The predicted molar refractivity (Wildman–Crippen MR) is 24.4 cm³/mol. The summed E-state index contributed by atoms with van der Waals surface area (Å²) < 4.78 is 0. The first-order valence-corrected chi connectivity index (χ1v) is 1.68. The van der Waals surface area contributed by atoms with Crippen molar-refractivity contribution in [3.8, 4) is 0 Å². The van der Waals surface area contributed by atoms with Gasteiger partial charge in [-0.15, -0.1) is 10.2 Å². The first kappa shape index (κ1) is 7.05. The van der Waals surface area contributed by atoms with Crippen LogP contribution in [0.1, 0.15) is 0 Å².